The Hall–Kier alpha value is -0.0400. The first-order valence-corrected chi connectivity index (χ1v) is 7.75. The molecule has 0 amide bonds. The van der Waals surface area contributed by atoms with Gasteiger partial charge in [-0.05, 0) is 79.4 Å². The van der Waals surface area contributed by atoms with E-state index in [1.54, 1.807) is 38.5 Å². The zero-order chi connectivity index (χ0) is 11.8. The van der Waals surface area contributed by atoms with Crippen LogP contribution in [0, 0.1) is 34.5 Å². The van der Waals surface area contributed by atoms with E-state index < -0.39 is 0 Å². The zero-order valence-corrected chi connectivity index (χ0v) is 11.4. The Morgan fingerprint density at radius 1 is 0.824 bits per heavy atom. The van der Waals surface area contributed by atoms with Crippen LogP contribution in [-0.2, 0) is 0 Å². The average molecular weight is 233 g/mol. The summed E-state index contributed by atoms with van der Waals surface area (Å²) >= 11 is 0. The van der Waals surface area contributed by atoms with Gasteiger partial charge in [0.1, 0.15) is 0 Å². The summed E-state index contributed by atoms with van der Waals surface area (Å²) in [6.45, 7) is 4.87. The van der Waals surface area contributed by atoms with Gasteiger partial charge in [-0.25, -0.2) is 0 Å². The second-order valence-electron chi connectivity index (χ2n) is 8.50. The van der Waals surface area contributed by atoms with Crippen LogP contribution in [0.3, 0.4) is 0 Å². The largest absolute Gasteiger partial charge is 0.327 e. The van der Waals surface area contributed by atoms with E-state index in [0.717, 1.165) is 29.1 Å². The van der Waals surface area contributed by atoms with Crippen LogP contribution < -0.4 is 5.73 Å². The van der Waals surface area contributed by atoms with Gasteiger partial charge in [0.2, 0.25) is 0 Å². The second kappa shape index (κ2) is 3.10. The van der Waals surface area contributed by atoms with Crippen molar-refractivity contribution in [2.75, 3.05) is 0 Å². The molecule has 17 heavy (non-hydrogen) atoms. The van der Waals surface area contributed by atoms with Gasteiger partial charge in [0.15, 0.2) is 0 Å². The van der Waals surface area contributed by atoms with Crippen LogP contribution in [0.4, 0.5) is 0 Å². The highest BCUT2D eigenvalue weighted by Crippen LogP contribution is 2.68. The van der Waals surface area contributed by atoms with Crippen molar-refractivity contribution in [3.8, 4) is 0 Å². The quantitative estimate of drug-likeness (QED) is 0.736. The van der Waals surface area contributed by atoms with Crippen LogP contribution >= 0.6 is 0 Å². The van der Waals surface area contributed by atoms with Gasteiger partial charge >= 0.3 is 0 Å². The standard InChI is InChI=1S/C16H27N/c1-15(2)13(6-14(15)17)16-7-10-3-11(8-16)5-12(4-10)9-16/h10-14H,3-9,17H2,1-2H3. The fraction of sp³-hybridized carbons (Fsp3) is 1.00. The van der Waals surface area contributed by atoms with E-state index >= 15 is 0 Å². The lowest BCUT2D eigenvalue weighted by Gasteiger charge is -2.67. The lowest BCUT2D eigenvalue weighted by atomic mass is 9.39. The maximum Gasteiger partial charge on any atom is 0.00962 e. The molecule has 2 N–H and O–H groups in total. The smallest absolute Gasteiger partial charge is 0.00962 e. The highest BCUT2D eigenvalue weighted by atomic mass is 14.8. The van der Waals surface area contributed by atoms with Gasteiger partial charge in [0, 0.05) is 6.04 Å². The SMILES string of the molecule is CC1(C)C(N)CC1C12CC3CC(CC(C3)C1)C2. The Kier molecular flexibility index (Phi) is 1.98. The van der Waals surface area contributed by atoms with Gasteiger partial charge in [0.25, 0.3) is 0 Å². The summed E-state index contributed by atoms with van der Waals surface area (Å²) in [5, 5.41) is 0. The van der Waals surface area contributed by atoms with Crippen molar-refractivity contribution in [1.82, 2.24) is 0 Å². The Bertz CT molecular complexity index is 308. The zero-order valence-electron chi connectivity index (χ0n) is 11.4. The molecular weight excluding hydrogens is 206 g/mol. The van der Waals surface area contributed by atoms with Crippen molar-refractivity contribution in [2.24, 2.45) is 40.2 Å². The average Bonchev–Trinajstić information content (AvgIpc) is 2.23. The molecule has 0 aromatic rings. The van der Waals surface area contributed by atoms with Gasteiger partial charge in [-0.3, -0.25) is 0 Å². The van der Waals surface area contributed by atoms with Crippen LogP contribution in [0.15, 0.2) is 0 Å². The number of nitrogens with two attached hydrogens (primary N) is 1. The van der Waals surface area contributed by atoms with Crippen molar-refractivity contribution in [1.29, 1.82) is 0 Å². The number of hydrogen-bond acceptors (Lipinski definition) is 1. The molecule has 0 aromatic carbocycles. The molecular formula is C16H27N. The Morgan fingerprint density at radius 2 is 1.29 bits per heavy atom. The van der Waals surface area contributed by atoms with Crippen LogP contribution in [0.25, 0.3) is 0 Å². The van der Waals surface area contributed by atoms with Gasteiger partial charge in [-0.2, -0.15) is 0 Å². The molecule has 5 aliphatic carbocycles. The van der Waals surface area contributed by atoms with Crippen molar-refractivity contribution >= 4 is 0 Å². The Morgan fingerprint density at radius 3 is 1.65 bits per heavy atom. The van der Waals surface area contributed by atoms with Crippen LogP contribution in [-0.4, -0.2) is 6.04 Å². The first kappa shape index (κ1) is 10.8. The molecule has 0 aliphatic heterocycles. The third-order valence-electron chi connectivity index (χ3n) is 7.17. The van der Waals surface area contributed by atoms with Crippen LogP contribution in [0.5, 0.6) is 0 Å². The molecule has 5 saturated carbocycles. The van der Waals surface area contributed by atoms with Crippen LogP contribution in [0.2, 0.25) is 0 Å². The predicted molar refractivity (Wildman–Crippen MR) is 70.5 cm³/mol. The summed E-state index contributed by atoms with van der Waals surface area (Å²) in [7, 11) is 0. The normalized spacial score (nSPS) is 59.1. The molecule has 2 atom stereocenters. The van der Waals surface area contributed by atoms with E-state index in [1.165, 1.54) is 6.42 Å². The monoisotopic (exact) mass is 233 g/mol. The second-order valence-corrected chi connectivity index (χ2v) is 8.50. The molecule has 4 bridgehead atoms. The summed E-state index contributed by atoms with van der Waals surface area (Å²) in [6, 6.07) is 0.473. The summed E-state index contributed by atoms with van der Waals surface area (Å²) in [5.41, 5.74) is 7.42. The summed E-state index contributed by atoms with van der Waals surface area (Å²) in [4.78, 5) is 0. The summed E-state index contributed by atoms with van der Waals surface area (Å²) < 4.78 is 0. The number of rotatable bonds is 1. The van der Waals surface area contributed by atoms with Crippen molar-refractivity contribution in [2.45, 2.75) is 64.8 Å². The third-order valence-corrected chi connectivity index (χ3v) is 7.17. The molecule has 5 rings (SSSR count). The molecule has 0 saturated heterocycles. The van der Waals surface area contributed by atoms with Gasteiger partial charge in [-0.1, -0.05) is 13.8 Å². The minimum atomic E-state index is 0.422. The molecule has 96 valence electrons. The third kappa shape index (κ3) is 1.30. The minimum absolute atomic E-state index is 0.422. The molecule has 0 heterocycles. The molecule has 0 spiro atoms. The lowest BCUT2D eigenvalue weighted by molar-refractivity contribution is -0.160. The molecule has 2 unspecified atom stereocenters. The fourth-order valence-electron chi connectivity index (χ4n) is 6.60. The predicted octanol–water partition coefficient (Wildman–Crippen LogP) is 3.58. The Balaban J connectivity index is 1.65. The topological polar surface area (TPSA) is 26.0 Å². The van der Waals surface area contributed by atoms with Crippen molar-refractivity contribution in [3.63, 3.8) is 0 Å². The minimum Gasteiger partial charge on any atom is -0.327 e. The van der Waals surface area contributed by atoms with Gasteiger partial charge in [0.05, 0.1) is 0 Å². The van der Waals surface area contributed by atoms with Gasteiger partial charge in [-0.15, -0.1) is 0 Å². The number of hydrogen-bond donors (Lipinski definition) is 1. The molecule has 0 aromatic heterocycles. The van der Waals surface area contributed by atoms with Crippen molar-refractivity contribution in [3.05, 3.63) is 0 Å². The Labute approximate surface area is 106 Å². The summed E-state index contributed by atoms with van der Waals surface area (Å²) in [6.07, 6.45) is 10.7. The molecule has 0 radical (unpaired) electrons. The van der Waals surface area contributed by atoms with E-state index in [4.69, 9.17) is 5.73 Å². The first-order valence-electron chi connectivity index (χ1n) is 7.75. The molecule has 5 fully saturated rings. The first-order chi connectivity index (χ1) is 7.99. The van der Waals surface area contributed by atoms with Crippen LogP contribution in [0.1, 0.15) is 58.8 Å². The lowest BCUT2D eigenvalue weighted by Crippen LogP contribution is -2.63. The van der Waals surface area contributed by atoms with E-state index in [1.807, 2.05) is 0 Å². The fourth-order valence-corrected chi connectivity index (χ4v) is 6.60. The summed E-state index contributed by atoms with van der Waals surface area (Å²) in [5.74, 6) is 4.22. The molecule has 5 aliphatic rings. The molecule has 1 nitrogen and oxygen atoms in total. The van der Waals surface area contributed by atoms with E-state index in [-0.39, 0.29) is 0 Å². The van der Waals surface area contributed by atoms with Gasteiger partial charge < -0.3 is 5.73 Å². The highest BCUT2D eigenvalue weighted by molar-refractivity contribution is 5.12. The van der Waals surface area contributed by atoms with E-state index in [2.05, 4.69) is 13.8 Å². The maximum atomic E-state index is 6.27. The molecule has 1 heteroatoms. The highest BCUT2D eigenvalue weighted by Gasteiger charge is 2.61. The van der Waals surface area contributed by atoms with E-state index in [0.29, 0.717) is 11.5 Å². The van der Waals surface area contributed by atoms with E-state index in [9.17, 15) is 0 Å². The maximum absolute atomic E-state index is 6.27. The van der Waals surface area contributed by atoms with Crippen molar-refractivity contribution < 1.29 is 0 Å².